The molecule has 1 aromatic carbocycles. The predicted octanol–water partition coefficient (Wildman–Crippen LogP) is 2.10. The Kier molecular flexibility index (Phi) is 4.74. The molecule has 8 heteroatoms. The van der Waals surface area contributed by atoms with Crippen molar-refractivity contribution >= 4 is 35.2 Å². The Hall–Kier alpha value is -1.93. The molecule has 3 aliphatic heterocycles. The van der Waals surface area contributed by atoms with Crippen molar-refractivity contribution in [3.05, 3.63) is 29.6 Å². The molecular weight excluding hydrogens is 381 g/mol. The first kappa shape index (κ1) is 19.4. The number of benzene rings is 1. The van der Waals surface area contributed by atoms with Crippen molar-refractivity contribution in [1.29, 1.82) is 0 Å². The molecule has 0 radical (unpaired) electrons. The van der Waals surface area contributed by atoms with Gasteiger partial charge in [0.05, 0.1) is 11.8 Å². The second-order valence-corrected chi connectivity index (χ2v) is 8.78. The number of nitrogens with one attached hydrogen (secondary N) is 2. The van der Waals surface area contributed by atoms with Crippen molar-refractivity contribution in [3.8, 4) is 0 Å². The summed E-state index contributed by atoms with van der Waals surface area (Å²) in [6.07, 6.45) is 3.27. The van der Waals surface area contributed by atoms with Gasteiger partial charge in [0.15, 0.2) is 0 Å². The minimum absolute atomic E-state index is 0.225. The maximum atomic E-state index is 14.1. The molecule has 4 rings (SSSR count). The van der Waals surface area contributed by atoms with Gasteiger partial charge in [-0.2, -0.15) is 11.8 Å². The number of fused-ring (bicyclic) bond motifs is 4. The van der Waals surface area contributed by atoms with Crippen LogP contribution in [0.5, 0.6) is 0 Å². The van der Waals surface area contributed by atoms with Crippen LogP contribution < -0.4 is 10.6 Å². The second-order valence-electron chi connectivity index (χ2n) is 7.79. The number of hydrogen-bond donors (Lipinski definition) is 2. The van der Waals surface area contributed by atoms with E-state index in [4.69, 9.17) is 0 Å². The molecule has 0 aliphatic carbocycles. The molecular formula is C20H24FN3O3S. The average molecular weight is 405 g/mol. The number of carbonyl (C=O) groups is 3. The summed E-state index contributed by atoms with van der Waals surface area (Å²) in [4.78, 5) is 41.1. The van der Waals surface area contributed by atoms with Gasteiger partial charge < -0.3 is 5.32 Å². The molecule has 3 heterocycles. The number of rotatable bonds is 5. The third kappa shape index (κ3) is 2.47. The molecule has 3 amide bonds. The van der Waals surface area contributed by atoms with Crippen LogP contribution in [0.15, 0.2) is 18.2 Å². The predicted molar refractivity (Wildman–Crippen MR) is 105 cm³/mol. The van der Waals surface area contributed by atoms with E-state index in [-0.39, 0.29) is 29.8 Å². The number of imide groups is 1. The number of carbonyl (C=O) groups excluding carboxylic acids is 3. The Labute approximate surface area is 167 Å². The Balaban J connectivity index is 1.86. The Bertz CT molecular complexity index is 863. The normalized spacial score (nSPS) is 32.1. The molecule has 2 saturated heterocycles. The van der Waals surface area contributed by atoms with Crippen molar-refractivity contribution in [3.63, 3.8) is 0 Å². The first-order valence-corrected chi connectivity index (χ1v) is 11.0. The minimum Gasteiger partial charge on any atom is -0.324 e. The number of hydrogen-bond acceptors (Lipinski definition) is 5. The summed E-state index contributed by atoms with van der Waals surface area (Å²) in [5.74, 6) is -2.11. The van der Waals surface area contributed by atoms with Crippen molar-refractivity contribution in [2.24, 2.45) is 11.8 Å². The van der Waals surface area contributed by atoms with Gasteiger partial charge in [-0.05, 0) is 50.0 Å². The van der Waals surface area contributed by atoms with Crippen LogP contribution in [0.3, 0.4) is 0 Å². The Morgan fingerprint density at radius 1 is 1.29 bits per heavy atom. The summed E-state index contributed by atoms with van der Waals surface area (Å²) in [5.41, 5.74) is -0.489. The van der Waals surface area contributed by atoms with E-state index in [0.29, 0.717) is 24.1 Å². The van der Waals surface area contributed by atoms with E-state index in [9.17, 15) is 18.8 Å². The SMILES string of the molecule is CC[C@H](C)N1C(=O)[C@@H]2[C@H](CCSC)N[C@@]3(C(=O)Nc4ccc(F)cc43)[C@@H]2C1=O. The monoisotopic (exact) mass is 405 g/mol. The molecule has 150 valence electrons. The maximum absolute atomic E-state index is 14.1. The highest BCUT2D eigenvalue weighted by Crippen LogP contribution is 2.53. The van der Waals surface area contributed by atoms with Crippen LogP contribution in [0, 0.1) is 17.7 Å². The highest BCUT2D eigenvalue weighted by atomic mass is 32.2. The van der Waals surface area contributed by atoms with Crippen LogP contribution in [0.1, 0.15) is 32.3 Å². The van der Waals surface area contributed by atoms with E-state index < -0.39 is 23.2 Å². The summed E-state index contributed by atoms with van der Waals surface area (Å²) in [6, 6.07) is 3.54. The van der Waals surface area contributed by atoms with Crippen LogP contribution in [0.4, 0.5) is 10.1 Å². The van der Waals surface area contributed by atoms with E-state index in [1.807, 2.05) is 20.1 Å². The van der Waals surface area contributed by atoms with Gasteiger partial charge in [0.25, 0.3) is 0 Å². The summed E-state index contributed by atoms with van der Waals surface area (Å²) >= 11 is 1.65. The van der Waals surface area contributed by atoms with Crippen LogP contribution in [0.2, 0.25) is 0 Å². The topological polar surface area (TPSA) is 78.5 Å². The molecule has 2 fully saturated rings. The standard InChI is InChI=1S/C20H24FN3O3S/c1-4-10(2)24-17(25)15-14(7-8-28-3)23-20(16(15)18(24)26)12-9-11(21)5-6-13(12)22-19(20)27/h5-6,9-10,14-16,23H,4,7-8H2,1-3H3,(H,22,27)/t10-,14-,15+,16-,20+/m0/s1. The number of nitrogens with zero attached hydrogens (tertiary/aromatic N) is 1. The van der Waals surface area contributed by atoms with Gasteiger partial charge >= 0.3 is 0 Å². The average Bonchev–Trinajstić information content (AvgIpc) is 3.25. The highest BCUT2D eigenvalue weighted by molar-refractivity contribution is 7.98. The summed E-state index contributed by atoms with van der Waals surface area (Å²) in [5, 5.41) is 6.10. The van der Waals surface area contributed by atoms with Crippen molar-refractivity contribution in [2.75, 3.05) is 17.3 Å². The lowest BCUT2D eigenvalue weighted by Gasteiger charge is -2.31. The van der Waals surface area contributed by atoms with E-state index in [1.54, 1.807) is 11.8 Å². The van der Waals surface area contributed by atoms with Crippen LogP contribution in [0.25, 0.3) is 0 Å². The molecule has 0 saturated carbocycles. The van der Waals surface area contributed by atoms with Crippen LogP contribution in [-0.2, 0) is 19.9 Å². The summed E-state index contributed by atoms with van der Waals surface area (Å²) in [7, 11) is 0. The number of thioether (sulfide) groups is 1. The third-order valence-corrected chi connectivity index (χ3v) is 7.02. The summed E-state index contributed by atoms with van der Waals surface area (Å²) < 4.78 is 14.1. The van der Waals surface area contributed by atoms with Crippen molar-refractivity contribution in [1.82, 2.24) is 10.2 Å². The fourth-order valence-electron chi connectivity index (χ4n) is 4.91. The highest BCUT2D eigenvalue weighted by Gasteiger charge is 2.70. The maximum Gasteiger partial charge on any atom is 0.250 e. The van der Waals surface area contributed by atoms with Crippen LogP contribution in [-0.4, -0.2) is 46.7 Å². The molecule has 1 spiro atoms. The van der Waals surface area contributed by atoms with Crippen molar-refractivity contribution in [2.45, 2.75) is 44.3 Å². The molecule has 0 bridgehead atoms. The van der Waals surface area contributed by atoms with Gasteiger partial charge in [-0.15, -0.1) is 0 Å². The molecule has 6 nitrogen and oxygen atoms in total. The largest absolute Gasteiger partial charge is 0.324 e. The first-order valence-electron chi connectivity index (χ1n) is 9.61. The fraction of sp³-hybridized carbons (Fsp3) is 0.550. The summed E-state index contributed by atoms with van der Waals surface area (Å²) in [6.45, 7) is 3.77. The number of anilines is 1. The molecule has 0 aromatic heterocycles. The molecule has 28 heavy (non-hydrogen) atoms. The number of amides is 3. The first-order chi connectivity index (χ1) is 13.4. The smallest absolute Gasteiger partial charge is 0.250 e. The Morgan fingerprint density at radius 2 is 2.04 bits per heavy atom. The molecule has 0 unspecified atom stereocenters. The molecule has 1 aromatic rings. The molecule has 3 aliphatic rings. The quantitative estimate of drug-likeness (QED) is 0.734. The van der Waals surface area contributed by atoms with Crippen LogP contribution >= 0.6 is 11.8 Å². The number of likely N-dealkylation sites (tertiary alicyclic amines) is 1. The number of halogens is 1. The molecule has 2 N–H and O–H groups in total. The van der Waals surface area contributed by atoms with E-state index in [0.717, 1.165) is 5.75 Å². The lowest BCUT2D eigenvalue weighted by atomic mass is 9.76. The zero-order chi connectivity index (χ0) is 20.2. The van der Waals surface area contributed by atoms with Gasteiger partial charge in [-0.25, -0.2) is 4.39 Å². The zero-order valence-electron chi connectivity index (χ0n) is 16.1. The molecule has 5 atom stereocenters. The fourth-order valence-corrected chi connectivity index (χ4v) is 5.40. The third-order valence-electron chi connectivity index (χ3n) is 6.38. The van der Waals surface area contributed by atoms with Gasteiger partial charge in [0, 0.05) is 23.3 Å². The second kappa shape index (κ2) is 6.84. The van der Waals surface area contributed by atoms with Gasteiger partial charge in [0.2, 0.25) is 17.7 Å². The minimum atomic E-state index is -1.40. The zero-order valence-corrected chi connectivity index (χ0v) is 16.9. The van der Waals surface area contributed by atoms with Gasteiger partial charge in [0.1, 0.15) is 11.4 Å². The van der Waals surface area contributed by atoms with Gasteiger partial charge in [-0.3, -0.25) is 24.6 Å². The van der Waals surface area contributed by atoms with Crippen molar-refractivity contribution < 1.29 is 18.8 Å². The lowest BCUT2D eigenvalue weighted by Crippen LogP contribution is -2.54. The Morgan fingerprint density at radius 3 is 2.71 bits per heavy atom. The van der Waals surface area contributed by atoms with E-state index in [2.05, 4.69) is 10.6 Å². The lowest BCUT2D eigenvalue weighted by molar-refractivity contribution is -0.145. The van der Waals surface area contributed by atoms with E-state index >= 15 is 0 Å². The van der Waals surface area contributed by atoms with Gasteiger partial charge in [-0.1, -0.05) is 6.92 Å². The van der Waals surface area contributed by atoms with E-state index in [1.165, 1.54) is 23.1 Å².